The quantitative estimate of drug-likeness (QED) is 0.569. The Hall–Kier alpha value is -1.62. The largest absolute Gasteiger partial charge is 0.478 e. The van der Waals surface area contributed by atoms with Gasteiger partial charge in [0.1, 0.15) is 0 Å². The number of rotatable bonds is 7. The second-order valence-corrected chi connectivity index (χ2v) is 4.51. The number of carboxylic acid groups (broad SMARTS) is 1. The average molecular weight is 251 g/mol. The van der Waals surface area contributed by atoms with Crippen LogP contribution in [-0.4, -0.2) is 33.9 Å². The van der Waals surface area contributed by atoms with E-state index < -0.39 is 5.97 Å². The number of nitrogens with one attached hydrogen (secondary N) is 1. The number of aromatic nitrogens is 2. The Kier molecular flexibility index (Phi) is 5.58. The molecule has 2 N–H and O–H groups in total. The van der Waals surface area contributed by atoms with Crippen LogP contribution in [0.5, 0.6) is 0 Å². The fourth-order valence-electron chi connectivity index (χ4n) is 1.80. The minimum atomic E-state index is -0.892. The Labute approximate surface area is 108 Å². The Morgan fingerprint density at radius 2 is 2.28 bits per heavy atom. The maximum atomic E-state index is 10.4. The topological polar surface area (TPSA) is 67.2 Å². The zero-order chi connectivity index (χ0) is 13.5. The van der Waals surface area contributed by atoms with E-state index in [-0.39, 0.29) is 0 Å². The number of nitrogens with zero attached hydrogens (tertiary/aromatic N) is 2. The maximum Gasteiger partial charge on any atom is 0.328 e. The van der Waals surface area contributed by atoms with Gasteiger partial charge in [-0.2, -0.15) is 5.10 Å². The lowest BCUT2D eigenvalue weighted by molar-refractivity contribution is -0.131. The van der Waals surface area contributed by atoms with E-state index in [1.54, 1.807) is 0 Å². The van der Waals surface area contributed by atoms with Crippen molar-refractivity contribution in [3.63, 3.8) is 0 Å². The molecule has 0 amide bonds. The highest BCUT2D eigenvalue weighted by Gasteiger charge is 2.00. The molecule has 0 aliphatic carbocycles. The summed E-state index contributed by atoms with van der Waals surface area (Å²) in [6.45, 7) is 8.19. The molecule has 1 heterocycles. The molecule has 0 saturated carbocycles. The van der Waals surface area contributed by atoms with Crippen molar-refractivity contribution in [3.05, 3.63) is 29.1 Å². The summed E-state index contributed by atoms with van der Waals surface area (Å²) in [6, 6.07) is 2.06. The highest BCUT2D eigenvalue weighted by Crippen LogP contribution is 2.02. The zero-order valence-corrected chi connectivity index (χ0v) is 11.2. The molecule has 0 bridgehead atoms. The molecule has 1 aromatic rings. The summed E-state index contributed by atoms with van der Waals surface area (Å²) in [4.78, 5) is 10.4. The summed E-state index contributed by atoms with van der Waals surface area (Å²) in [5, 5.41) is 16.1. The molecule has 0 aliphatic heterocycles. The molecular formula is C13H21N3O2. The minimum absolute atomic E-state index is 0.615. The fraction of sp³-hybridized carbons (Fsp3) is 0.538. The number of aryl methyl sites for hydroxylation is 3. The Morgan fingerprint density at radius 1 is 1.56 bits per heavy atom. The van der Waals surface area contributed by atoms with Gasteiger partial charge in [-0.1, -0.05) is 5.57 Å². The van der Waals surface area contributed by atoms with Crippen molar-refractivity contribution >= 4 is 5.97 Å². The first-order valence-electron chi connectivity index (χ1n) is 6.11. The molecule has 100 valence electrons. The van der Waals surface area contributed by atoms with Crippen LogP contribution in [0.25, 0.3) is 0 Å². The molecule has 0 spiro atoms. The van der Waals surface area contributed by atoms with Crippen molar-refractivity contribution in [3.8, 4) is 0 Å². The molecule has 5 nitrogen and oxygen atoms in total. The standard InChI is InChI=1S/C13H21N3O2/c1-10(7-13(17)18)9-14-5-4-6-16-12(3)8-11(2)15-16/h7-8,14H,4-6,9H2,1-3H3,(H,17,18)/b10-7-. The van der Waals surface area contributed by atoms with Crippen LogP contribution in [0.2, 0.25) is 0 Å². The van der Waals surface area contributed by atoms with Gasteiger partial charge in [0.05, 0.1) is 5.69 Å². The van der Waals surface area contributed by atoms with E-state index in [0.29, 0.717) is 6.54 Å². The number of hydrogen-bond donors (Lipinski definition) is 2. The molecular weight excluding hydrogens is 230 g/mol. The lowest BCUT2D eigenvalue weighted by Crippen LogP contribution is -2.19. The van der Waals surface area contributed by atoms with Gasteiger partial charge in [0.25, 0.3) is 0 Å². The van der Waals surface area contributed by atoms with E-state index in [1.165, 1.54) is 11.8 Å². The molecule has 0 aromatic carbocycles. The van der Waals surface area contributed by atoms with Gasteiger partial charge in [0.15, 0.2) is 0 Å². The average Bonchev–Trinajstić information content (AvgIpc) is 2.56. The van der Waals surface area contributed by atoms with Crippen LogP contribution in [0.3, 0.4) is 0 Å². The first-order chi connectivity index (χ1) is 8.49. The third-order valence-electron chi connectivity index (χ3n) is 2.60. The predicted molar refractivity (Wildman–Crippen MR) is 70.6 cm³/mol. The Balaban J connectivity index is 2.20. The summed E-state index contributed by atoms with van der Waals surface area (Å²) >= 11 is 0. The van der Waals surface area contributed by atoms with E-state index in [9.17, 15) is 4.79 Å². The minimum Gasteiger partial charge on any atom is -0.478 e. The number of aliphatic carboxylic acids is 1. The Morgan fingerprint density at radius 3 is 2.83 bits per heavy atom. The van der Waals surface area contributed by atoms with Crippen molar-refractivity contribution in [1.29, 1.82) is 0 Å². The van der Waals surface area contributed by atoms with Crippen molar-refractivity contribution in [2.45, 2.75) is 33.7 Å². The third kappa shape index (κ3) is 5.14. The van der Waals surface area contributed by atoms with Crippen molar-refractivity contribution in [2.75, 3.05) is 13.1 Å². The third-order valence-corrected chi connectivity index (χ3v) is 2.60. The lowest BCUT2D eigenvalue weighted by Gasteiger charge is -2.06. The fourth-order valence-corrected chi connectivity index (χ4v) is 1.80. The van der Waals surface area contributed by atoms with Crippen molar-refractivity contribution in [2.24, 2.45) is 0 Å². The van der Waals surface area contributed by atoms with E-state index in [1.807, 2.05) is 25.5 Å². The summed E-state index contributed by atoms with van der Waals surface area (Å²) in [6.07, 6.45) is 2.20. The summed E-state index contributed by atoms with van der Waals surface area (Å²) in [5.41, 5.74) is 3.05. The van der Waals surface area contributed by atoms with Crippen molar-refractivity contribution < 1.29 is 9.90 Å². The van der Waals surface area contributed by atoms with E-state index in [0.717, 1.165) is 30.8 Å². The maximum absolute atomic E-state index is 10.4. The van der Waals surface area contributed by atoms with Gasteiger partial charge in [-0.3, -0.25) is 4.68 Å². The van der Waals surface area contributed by atoms with E-state index in [4.69, 9.17) is 5.11 Å². The molecule has 0 fully saturated rings. The zero-order valence-electron chi connectivity index (χ0n) is 11.2. The molecule has 0 radical (unpaired) electrons. The highest BCUT2D eigenvalue weighted by molar-refractivity contribution is 5.80. The van der Waals surface area contributed by atoms with Crippen LogP contribution in [-0.2, 0) is 11.3 Å². The number of carbonyl (C=O) groups is 1. The molecule has 1 aromatic heterocycles. The number of carboxylic acids is 1. The Bertz CT molecular complexity index is 435. The van der Waals surface area contributed by atoms with E-state index in [2.05, 4.69) is 16.5 Å². The van der Waals surface area contributed by atoms with Gasteiger partial charge in [-0.15, -0.1) is 0 Å². The van der Waals surface area contributed by atoms with Crippen molar-refractivity contribution in [1.82, 2.24) is 15.1 Å². The molecule has 1 rings (SSSR count). The van der Waals surface area contributed by atoms with Gasteiger partial charge < -0.3 is 10.4 Å². The number of hydrogen-bond acceptors (Lipinski definition) is 3. The van der Waals surface area contributed by atoms with Crippen LogP contribution in [0, 0.1) is 13.8 Å². The van der Waals surface area contributed by atoms with Crippen LogP contribution in [0.4, 0.5) is 0 Å². The summed E-state index contributed by atoms with van der Waals surface area (Å²) < 4.78 is 2.00. The van der Waals surface area contributed by atoms with E-state index >= 15 is 0 Å². The normalized spacial score (nSPS) is 11.8. The molecule has 18 heavy (non-hydrogen) atoms. The monoisotopic (exact) mass is 251 g/mol. The van der Waals surface area contributed by atoms with Gasteiger partial charge in [0, 0.05) is 24.9 Å². The molecule has 5 heteroatoms. The lowest BCUT2D eigenvalue weighted by atomic mass is 10.3. The smallest absolute Gasteiger partial charge is 0.328 e. The first-order valence-corrected chi connectivity index (χ1v) is 6.11. The van der Waals surface area contributed by atoms with Gasteiger partial charge in [-0.05, 0) is 39.8 Å². The first kappa shape index (κ1) is 14.4. The van der Waals surface area contributed by atoms with Crippen LogP contribution >= 0.6 is 0 Å². The SMILES string of the molecule is C/C(=C/C(=O)O)CNCCCn1nc(C)cc1C. The predicted octanol–water partition coefficient (Wildman–Crippen LogP) is 1.51. The van der Waals surface area contributed by atoms with Crippen LogP contribution in [0.1, 0.15) is 24.7 Å². The molecule has 0 atom stereocenters. The van der Waals surface area contributed by atoms with Crippen LogP contribution in [0.15, 0.2) is 17.7 Å². The van der Waals surface area contributed by atoms with Gasteiger partial charge in [-0.25, -0.2) is 4.79 Å². The van der Waals surface area contributed by atoms with Gasteiger partial charge >= 0.3 is 5.97 Å². The second-order valence-electron chi connectivity index (χ2n) is 4.51. The molecule has 0 saturated heterocycles. The molecule has 0 unspecified atom stereocenters. The molecule has 0 aliphatic rings. The summed E-state index contributed by atoms with van der Waals surface area (Å²) in [5.74, 6) is -0.892. The second kappa shape index (κ2) is 6.96. The van der Waals surface area contributed by atoms with Crippen LogP contribution < -0.4 is 5.32 Å². The highest BCUT2D eigenvalue weighted by atomic mass is 16.4. The summed E-state index contributed by atoms with van der Waals surface area (Å²) in [7, 11) is 0. The van der Waals surface area contributed by atoms with Gasteiger partial charge in [0.2, 0.25) is 0 Å².